The van der Waals surface area contributed by atoms with E-state index in [0.29, 0.717) is 24.3 Å². The first-order valence-corrected chi connectivity index (χ1v) is 5.92. The molecule has 19 heavy (non-hydrogen) atoms. The fourth-order valence-corrected chi connectivity index (χ4v) is 1.86. The lowest BCUT2D eigenvalue weighted by atomic mass is 10.1. The molecule has 0 saturated carbocycles. The van der Waals surface area contributed by atoms with E-state index in [0.717, 1.165) is 5.69 Å². The first-order valence-electron chi connectivity index (χ1n) is 5.92. The summed E-state index contributed by atoms with van der Waals surface area (Å²) in [7, 11) is 1.86. The molecule has 1 aromatic heterocycles. The zero-order chi connectivity index (χ0) is 13.8. The highest BCUT2D eigenvalue weighted by Crippen LogP contribution is 2.23. The van der Waals surface area contributed by atoms with Crippen LogP contribution in [0.25, 0.3) is 0 Å². The van der Waals surface area contributed by atoms with Crippen molar-refractivity contribution in [1.29, 1.82) is 0 Å². The Morgan fingerprint density at radius 3 is 2.89 bits per heavy atom. The average Bonchev–Trinajstić information content (AvgIpc) is 2.77. The van der Waals surface area contributed by atoms with Crippen LogP contribution in [0.3, 0.4) is 0 Å². The summed E-state index contributed by atoms with van der Waals surface area (Å²) in [5.74, 6) is -0.993. The lowest BCUT2D eigenvalue weighted by Gasteiger charge is -2.11. The summed E-state index contributed by atoms with van der Waals surface area (Å²) in [6.45, 7) is 0.575. The van der Waals surface area contributed by atoms with Crippen molar-refractivity contribution in [2.45, 2.75) is 6.42 Å². The molecule has 1 heterocycles. The van der Waals surface area contributed by atoms with Crippen molar-refractivity contribution in [3.8, 4) is 0 Å². The van der Waals surface area contributed by atoms with Crippen LogP contribution in [0.15, 0.2) is 30.5 Å². The molecule has 0 spiro atoms. The van der Waals surface area contributed by atoms with Crippen LogP contribution in [0.1, 0.15) is 16.1 Å². The molecule has 0 bridgehead atoms. The fraction of sp³-hybridized carbons (Fsp3) is 0.231. The molecule has 0 amide bonds. The van der Waals surface area contributed by atoms with Gasteiger partial charge in [0, 0.05) is 26.2 Å². The second kappa shape index (κ2) is 5.43. The predicted molar refractivity (Wildman–Crippen MR) is 73.2 cm³/mol. The Kier molecular flexibility index (Phi) is 3.70. The van der Waals surface area contributed by atoms with E-state index in [1.54, 1.807) is 16.8 Å². The standard InChI is InChI=1S/C13H16N4O2/c1-17-8-6-9(16-17)5-7-15-12-10(13(18)19)3-2-4-11(12)14/h2-4,6,8,15H,5,7,14H2,1H3,(H,18,19). The molecule has 0 atom stereocenters. The van der Waals surface area contributed by atoms with Gasteiger partial charge in [-0.25, -0.2) is 4.79 Å². The number of nitrogens with two attached hydrogens (primary N) is 1. The van der Waals surface area contributed by atoms with Crippen LogP contribution in [0.4, 0.5) is 11.4 Å². The largest absolute Gasteiger partial charge is 0.478 e. The van der Waals surface area contributed by atoms with Gasteiger partial charge in [-0.2, -0.15) is 5.10 Å². The van der Waals surface area contributed by atoms with Crippen LogP contribution in [-0.2, 0) is 13.5 Å². The molecule has 0 aliphatic heterocycles. The number of nitrogens with zero attached hydrogens (tertiary/aromatic N) is 2. The summed E-state index contributed by atoms with van der Waals surface area (Å²) in [5.41, 5.74) is 7.82. The molecule has 6 nitrogen and oxygen atoms in total. The summed E-state index contributed by atoms with van der Waals surface area (Å²) >= 11 is 0. The number of aromatic carboxylic acids is 1. The van der Waals surface area contributed by atoms with Crippen molar-refractivity contribution in [2.24, 2.45) is 7.05 Å². The number of benzene rings is 1. The third kappa shape index (κ3) is 3.04. The monoisotopic (exact) mass is 260 g/mol. The minimum absolute atomic E-state index is 0.182. The van der Waals surface area contributed by atoms with Gasteiger partial charge in [-0.15, -0.1) is 0 Å². The van der Waals surface area contributed by atoms with Crippen molar-refractivity contribution in [3.05, 3.63) is 41.7 Å². The topological polar surface area (TPSA) is 93.2 Å². The van der Waals surface area contributed by atoms with Crippen LogP contribution >= 0.6 is 0 Å². The summed E-state index contributed by atoms with van der Waals surface area (Å²) in [6, 6.07) is 6.76. The SMILES string of the molecule is Cn1ccc(CCNc2c(N)cccc2C(=O)O)n1. The molecule has 0 unspecified atom stereocenters. The fourth-order valence-electron chi connectivity index (χ4n) is 1.86. The van der Waals surface area contributed by atoms with E-state index in [4.69, 9.17) is 10.8 Å². The van der Waals surface area contributed by atoms with E-state index < -0.39 is 5.97 Å². The number of anilines is 2. The van der Waals surface area contributed by atoms with Crippen LogP contribution < -0.4 is 11.1 Å². The maximum atomic E-state index is 11.1. The Balaban J connectivity index is 2.05. The molecular weight excluding hydrogens is 244 g/mol. The summed E-state index contributed by atoms with van der Waals surface area (Å²) in [4.78, 5) is 11.1. The van der Waals surface area contributed by atoms with Gasteiger partial charge in [0.1, 0.15) is 0 Å². The van der Waals surface area contributed by atoms with E-state index in [2.05, 4.69) is 10.4 Å². The third-order valence-electron chi connectivity index (χ3n) is 2.78. The number of nitrogens with one attached hydrogen (secondary N) is 1. The number of carboxylic acid groups (broad SMARTS) is 1. The van der Waals surface area contributed by atoms with Crippen LogP contribution in [0.5, 0.6) is 0 Å². The second-order valence-corrected chi connectivity index (χ2v) is 4.23. The number of carboxylic acids is 1. The average molecular weight is 260 g/mol. The number of nitrogen functional groups attached to an aromatic ring is 1. The zero-order valence-corrected chi connectivity index (χ0v) is 10.6. The van der Waals surface area contributed by atoms with Crippen molar-refractivity contribution in [3.63, 3.8) is 0 Å². The van der Waals surface area contributed by atoms with Crippen molar-refractivity contribution in [1.82, 2.24) is 9.78 Å². The van der Waals surface area contributed by atoms with Gasteiger partial charge in [-0.1, -0.05) is 6.07 Å². The van der Waals surface area contributed by atoms with Gasteiger partial charge >= 0.3 is 5.97 Å². The van der Waals surface area contributed by atoms with Crippen LogP contribution in [0, 0.1) is 0 Å². The molecule has 0 aliphatic rings. The number of rotatable bonds is 5. The van der Waals surface area contributed by atoms with E-state index in [1.807, 2.05) is 19.3 Å². The smallest absolute Gasteiger partial charge is 0.337 e. The minimum Gasteiger partial charge on any atom is -0.478 e. The van der Waals surface area contributed by atoms with Gasteiger partial charge in [-0.3, -0.25) is 4.68 Å². The van der Waals surface area contributed by atoms with Crippen molar-refractivity contribution < 1.29 is 9.90 Å². The molecule has 0 aliphatic carbocycles. The lowest BCUT2D eigenvalue weighted by Crippen LogP contribution is -2.12. The van der Waals surface area contributed by atoms with E-state index in [1.165, 1.54) is 6.07 Å². The molecule has 6 heteroatoms. The second-order valence-electron chi connectivity index (χ2n) is 4.23. The molecule has 0 radical (unpaired) electrons. The Labute approximate surface area is 110 Å². The van der Waals surface area contributed by atoms with Gasteiger partial charge in [0.05, 0.1) is 22.6 Å². The van der Waals surface area contributed by atoms with E-state index in [9.17, 15) is 4.79 Å². The van der Waals surface area contributed by atoms with E-state index >= 15 is 0 Å². The Morgan fingerprint density at radius 1 is 1.47 bits per heavy atom. The van der Waals surface area contributed by atoms with Crippen molar-refractivity contribution >= 4 is 17.3 Å². The molecule has 100 valence electrons. The van der Waals surface area contributed by atoms with Crippen LogP contribution in [-0.4, -0.2) is 27.4 Å². The zero-order valence-electron chi connectivity index (χ0n) is 10.6. The highest BCUT2D eigenvalue weighted by molar-refractivity contribution is 5.97. The molecule has 4 N–H and O–H groups in total. The first kappa shape index (κ1) is 12.9. The lowest BCUT2D eigenvalue weighted by molar-refractivity contribution is 0.0698. The number of aromatic nitrogens is 2. The van der Waals surface area contributed by atoms with Gasteiger partial charge in [0.25, 0.3) is 0 Å². The molecule has 2 rings (SSSR count). The summed E-state index contributed by atoms with van der Waals surface area (Å²) < 4.78 is 1.73. The van der Waals surface area contributed by atoms with Gasteiger partial charge < -0.3 is 16.2 Å². The normalized spacial score (nSPS) is 10.4. The summed E-state index contributed by atoms with van der Waals surface area (Å²) in [5, 5.41) is 16.4. The Hall–Kier alpha value is -2.50. The highest BCUT2D eigenvalue weighted by Gasteiger charge is 2.11. The molecule has 1 aromatic carbocycles. The number of aryl methyl sites for hydroxylation is 1. The van der Waals surface area contributed by atoms with Gasteiger partial charge in [-0.05, 0) is 18.2 Å². The first-order chi connectivity index (χ1) is 9.08. The molecule has 0 saturated heterocycles. The molecule has 2 aromatic rings. The maximum absolute atomic E-state index is 11.1. The number of para-hydroxylation sites is 1. The summed E-state index contributed by atoms with van der Waals surface area (Å²) in [6.07, 6.45) is 2.57. The minimum atomic E-state index is -0.993. The van der Waals surface area contributed by atoms with Gasteiger partial charge in [0.2, 0.25) is 0 Å². The molecular formula is C13H16N4O2. The van der Waals surface area contributed by atoms with Crippen LogP contribution in [0.2, 0.25) is 0 Å². The number of hydrogen-bond donors (Lipinski definition) is 3. The number of hydrogen-bond acceptors (Lipinski definition) is 4. The Morgan fingerprint density at radius 2 is 2.26 bits per heavy atom. The maximum Gasteiger partial charge on any atom is 0.337 e. The molecule has 0 fully saturated rings. The highest BCUT2D eigenvalue weighted by atomic mass is 16.4. The van der Waals surface area contributed by atoms with Crippen molar-refractivity contribution in [2.75, 3.05) is 17.6 Å². The predicted octanol–water partition coefficient (Wildman–Crippen LogP) is 1.36. The quantitative estimate of drug-likeness (QED) is 0.706. The third-order valence-corrected chi connectivity index (χ3v) is 2.78. The number of carbonyl (C=O) groups is 1. The Bertz CT molecular complexity index is 592. The van der Waals surface area contributed by atoms with E-state index in [-0.39, 0.29) is 5.56 Å². The van der Waals surface area contributed by atoms with Gasteiger partial charge in [0.15, 0.2) is 0 Å².